The van der Waals surface area contributed by atoms with E-state index in [-0.39, 0.29) is 11.7 Å². The van der Waals surface area contributed by atoms with Crippen molar-refractivity contribution in [2.75, 3.05) is 26.7 Å². The van der Waals surface area contributed by atoms with Gasteiger partial charge in [-0.1, -0.05) is 0 Å². The molecule has 0 aromatic heterocycles. The molecule has 3 rings (SSSR count). The van der Waals surface area contributed by atoms with Crippen molar-refractivity contribution < 1.29 is 14.6 Å². The van der Waals surface area contributed by atoms with Crippen LogP contribution >= 0.6 is 0 Å². The topological polar surface area (TPSA) is 53.0 Å². The highest BCUT2D eigenvalue weighted by Crippen LogP contribution is 2.32. The highest BCUT2D eigenvalue weighted by molar-refractivity contribution is 5.70. The second-order valence-corrected chi connectivity index (χ2v) is 6.78. The fourth-order valence-electron chi connectivity index (χ4n) is 3.77. The molecule has 2 aliphatic rings. The lowest BCUT2D eigenvalue weighted by molar-refractivity contribution is -0.0114. The molecular weight excluding hydrogens is 280 g/mol. The van der Waals surface area contributed by atoms with Crippen LogP contribution in [0.15, 0.2) is 12.1 Å². The summed E-state index contributed by atoms with van der Waals surface area (Å²) in [5.74, 6) is 0.320. The number of carbonyl (C=O) groups is 1. The van der Waals surface area contributed by atoms with Crippen LogP contribution in [-0.4, -0.2) is 53.3 Å². The fraction of sp³-hybridized carbons (Fsp3) is 0.588. The molecule has 2 saturated heterocycles. The van der Waals surface area contributed by atoms with Crippen LogP contribution in [0.25, 0.3) is 0 Å². The SMILES string of the molecule is Cc1cc(O)cc(C)c1CN1CCCC2(C1)CN(C)C(=O)O2. The van der Waals surface area contributed by atoms with E-state index in [0.717, 1.165) is 43.6 Å². The molecule has 1 unspecified atom stereocenters. The van der Waals surface area contributed by atoms with Gasteiger partial charge < -0.3 is 14.7 Å². The molecule has 0 radical (unpaired) electrons. The highest BCUT2D eigenvalue weighted by atomic mass is 16.6. The maximum absolute atomic E-state index is 11.7. The summed E-state index contributed by atoms with van der Waals surface area (Å²) in [5, 5.41) is 9.67. The van der Waals surface area contributed by atoms with Crippen LogP contribution in [0, 0.1) is 13.8 Å². The molecule has 0 aliphatic carbocycles. The van der Waals surface area contributed by atoms with Gasteiger partial charge in [0, 0.05) is 20.1 Å². The number of aryl methyl sites for hydroxylation is 2. The molecule has 2 fully saturated rings. The molecule has 0 saturated carbocycles. The van der Waals surface area contributed by atoms with Gasteiger partial charge in [-0.3, -0.25) is 4.90 Å². The van der Waals surface area contributed by atoms with Gasteiger partial charge in [-0.05, 0) is 62.1 Å². The highest BCUT2D eigenvalue weighted by Gasteiger charge is 2.46. The Morgan fingerprint density at radius 2 is 1.95 bits per heavy atom. The predicted octanol–water partition coefficient (Wildman–Crippen LogP) is 2.43. The van der Waals surface area contributed by atoms with Crippen LogP contribution < -0.4 is 0 Å². The first-order valence-electron chi connectivity index (χ1n) is 7.84. The molecule has 1 amide bonds. The van der Waals surface area contributed by atoms with Gasteiger partial charge in [0.2, 0.25) is 0 Å². The average molecular weight is 304 g/mol. The maximum Gasteiger partial charge on any atom is 0.410 e. The Balaban J connectivity index is 1.75. The molecule has 1 N–H and O–H groups in total. The van der Waals surface area contributed by atoms with Gasteiger partial charge in [0.1, 0.15) is 11.4 Å². The summed E-state index contributed by atoms with van der Waals surface area (Å²) < 4.78 is 5.65. The number of benzene rings is 1. The Morgan fingerprint density at radius 3 is 2.55 bits per heavy atom. The van der Waals surface area contributed by atoms with Crippen LogP contribution in [0.3, 0.4) is 0 Å². The van der Waals surface area contributed by atoms with Gasteiger partial charge in [-0.15, -0.1) is 0 Å². The number of likely N-dealkylation sites (N-methyl/N-ethyl adjacent to an activating group) is 1. The number of rotatable bonds is 2. The summed E-state index contributed by atoms with van der Waals surface area (Å²) in [7, 11) is 1.80. The molecule has 5 nitrogen and oxygen atoms in total. The number of piperidine rings is 1. The summed E-state index contributed by atoms with van der Waals surface area (Å²) in [6.07, 6.45) is 1.77. The second-order valence-electron chi connectivity index (χ2n) is 6.78. The zero-order valence-corrected chi connectivity index (χ0v) is 13.6. The summed E-state index contributed by atoms with van der Waals surface area (Å²) in [4.78, 5) is 15.7. The van der Waals surface area contributed by atoms with E-state index in [4.69, 9.17) is 4.74 Å². The average Bonchev–Trinajstić information content (AvgIpc) is 2.68. The summed E-state index contributed by atoms with van der Waals surface area (Å²) in [6, 6.07) is 3.62. The molecule has 1 spiro atoms. The Kier molecular flexibility index (Phi) is 3.77. The van der Waals surface area contributed by atoms with Gasteiger partial charge in [-0.25, -0.2) is 4.79 Å². The van der Waals surface area contributed by atoms with Crippen molar-refractivity contribution in [2.24, 2.45) is 0 Å². The Hall–Kier alpha value is -1.75. The third kappa shape index (κ3) is 2.77. The van der Waals surface area contributed by atoms with Crippen molar-refractivity contribution >= 4 is 6.09 Å². The smallest absolute Gasteiger partial charge is 0.410 e. The van der Waals surface area contributed by atoms with Crippen molar-refractivity contribution in [2.45, 2.75) is 38.8 Å². The van der Waals surface area contributed by atoms with E-state index in [0.29, 0.717) is 12.3 Å². The first-order valence-corrected chi connectivity index (χ1v) is 7.84. The van der Waals surface area contributed by atoms with Crippen LogP contribution in [0.1, 0.15) is 29.5 Å². The summed E-state index contributed by atoms with van der Waals surface area (Å²) in [5.41, 5.74) is 3.13. The van der Waals surface area contributed by atoms with Crippen LogP contribution in [0.5, 0.6) is 5.75 Å². The third-order valence-corrected chi connectivity index (χ3v) is 4.82. The Labute approximate surface area is 131 Å². The first kappa shape index (κ1) is 15.2. The number of phenols is 1. The van der Waals surface area contributed by atoms with E-state index in [9.17, 15) is 9.90 Å². The first-order chi connectivity index (χ1) is 10.4. The van der Waals surface area contributed by atoms with E-state index in [1.165, 1.54) is 5.56 Å². The monoisotopic (exact) mass is 304 g/mol. The summed E-state index contributed by atoms with van der Waals surface area (Å²) >= 11 is 0. The van der Waals surface area contributed by atoms with Gasteiger partial charge in [0.15, 0.2) is 0 Å². The molecule has 2 heterocycles. The minimum Gasteiger partial charge on any atom is -0.508 e. The second kappa shape index (κ2) is 5.47. The number of amides is 1. The molecule has 1 aromatic carbocycles. The largest absolute Gasteiger partial charge is 0.508 e. The van der Waals surface area contributed by atoms with Crippen molar-refractivity contribution in [3.63, 3.8) is 0 Å². The number of hydrogen-bond acceptors (Lipinski definition) is 4. The van der Waals surface area contributed by atoms with Crippen LogP contribution in [0.4, 0.5) is 4.79 Å². The van der Waals surface area contributed by atoms with E-state index in [1.807, 2.05) is 26.0 Å². The quantitative estimate of drug-likeness (QED) is 0.912. The minimum atomic E-state index is -0.344. The molecule has 1 aromatic rings. The Morgan fingerprint density at radius 1 is 1.27 bits per heavy atom. The number of hydrogen-bond donors (Lipinski definition) is 1. The van der Waals surface area contributed by atoms with E-state index in [1.54, 1.807) is 11.9 Å². The standard InChI is InChI=1S/C17H24N2O3/c1-12-7-14(20)8-13(2)15(12)9-19-6-4-5-17(11-19)10-18(3)16(21)22-17/h7-8,20H,4-6,9-11H2,1-3H3. The summed E-state index contributed by atoms with van der Waals surface area (Å²) in [6.45, 7) is 7.37. The Bertz CT molecular complexity index is 579. The van der Waals surface area contributed by atoms with Crippen LogP contribution in [-0.2, 0) is 11.3 Å². The molecule has 2 aliphatic heterocycles. The van der Waals surface area contributed by atoms with Crippen molar-refractivity contribution in [1.82, 2.24) is 9.80 Å². The maximum atomic E-state index is 11.7. The normalized spacial score (nSPS) is 25.8. The lowest BCUT2D eigenvalue weighted by Gasteiger charge is -2.38. The predicted molar refractivity (Wildman–Crippen MR) is 83.9 cm³/mol. The van der Waals surface area contributed by atoms with E-state index >= 15 is 0 Å². The van der Waals surface area contributed by atoms with Crippen molar-refractivity contribution in [3.8, 4) is 5.75 Å². The minimum absolute atomic E-state index is 0.209. The lowest BCUT2D eigenvalue weighted by Crippen LogP contribution is -2.50. The zero-order chi connectivity index (χ0) is 15.9. The molecule has 0 bridgehead atoms. The van der Waals surface area contributed by atoms with Crippen molar-refractivity contribution in [3.05, 3.63) is 28.8 Å². The van der Waals surface area contributed by atoms with Crippen LogP contribution in [0.2, 0.25) is 0 Å². The molecule has 120 valence electrons. The molecule has 5 heteroatoms. The number of ether oxygens (including phenoxy) is 1. The lowest BCUT2D eigenvalue weighted by atomic mass is 9.91. The number of phenolic OH excluding ortho intramolecular Hbond substituents is 1. The van der Waals surface area contributed by atoms with Gasteiger partial charge in [-0.2, -0.15) is 0 Å². The zero-order valence-electron chi connectivity index (χ0n) is 13.6. The third-order valence-electron chi connectivity index (χ3n) is 4.82. The van der Waals surface area contributed by atoms with E-state index < -0.39 is 0 Å². The molecular formula is C17H24N2O3. The molecule has 1 atom stereocenters. The van der Waals surface area contributed by atoms with Crippen molar-refractivity contribution in [1.29, 1.82) is 0 Å². The van der Waals surface area contributed by atoms with Gasteiger partial charge >= 0.3 is 6.09 Å². The number of likely N-dealkylation sites (tertiary alicyclic amines) is 1. The number of nitrogens with zero attached hydrogens (tertiary/aromatic N) is 2. The van der Waals surface area contributed by atoms with Gasteiger partial charge in [0.25, 0.3) is 0 Å². The fourth-order valence-corrected chi connectivity index (χ4v) is 3.77. The van der Waals surface area contributed by atoms with E-state index in [2.05, 4.69) is 4.90 Å². The number of carbonyl (C=O) groups excluding carboxylic acids is 1. The molecule has 22 heavy (non-hydrogen) atoms. The number of aromatic hydroxyl groups is 1. The van der Waals surface area contributed by atoms with Gasteiger partial charge in [0.05, 0.1) is 6.54 Å².